The molecule has 0 saturated heterocycles. The molecule has 0 N–H and O–H groups in total. The molecule has 0 bridgehead atoms. The van der Waals surface area contributed by atoms with Crippen molar-refractivity contribution < 1.29 is 4.39 Å². The van der Waals surface area contributed by atoms with Gasteiger partial charge in [-0.1, -0.05) is 41.0 Å². The molecule has 2 aliphatic carbocycles. The fraction of sp³-hybridized carbons (Fsp3) is 1.00. The molecule has 7 atom stereocenters. The summed E-state index contributed by atoms with van der Waals surface area (Å²) in [6.45, 7) is 11.6. The van der Waals surface area contributed by atoms with Gasteiger partial charge in [0.1, 0.15) is 6.17 Å². The van der Waals surface area contributed by atoms with Gasteiger partial charge in [-0.2, -0.15) is 0 Å². The van der Waals surface area contributed by atoms with Crippen LogP contribution in [0.25, 0.3) is 0 Å². The molecule has 0 aromatic rings. The van der Waals surface area contributed by atoms with Crippen molar-refractivity contribution in [3.8, 4) is 0 Å². The minimum atomic E-state index is -0.525. The third kappa shape index (κ3) is 2.85. The van der Waals surface area contributed by atoms with Crippen LogP contribution in [-0.4, -0.2) is 6.17 Å². The average Bonchev–Trinajstić information content (AvgIpc) is 2.40. The average molecular weight is 268 g/mol. The van der Waals surface area contributed by atoms with Crippen LogP contribution in [0.15, 0.2) is 0 Å². The summed E-state index contributed by atoms with van der Waals surface area (Å²) < 4.78 is 14.5. The van der Waals surface area contributed by atoms with E-state index < -0.39 is 6.17 Å². The highest BCUT2D eigenvalue weighted by Gasteiger charge is 2.47. The van der Waals surface area contributed by atoms with Gasteiger partial charge in [-0.25, -0.2) is 4.39 Å². The van der Waals surface area contributed by atoms with Crippen molar-refractivity contribution in [3.05, 3.63) is 0 Å². The number of fused-ring (bicyclic) bond motifs is 1. The number of hydrogen-bond donors (Lipinski definition) is 0. The maximum atomic E-state index is 14.5. The predicted molar refractivity (Wildman–Crippen MR) is 80.8 cm³/mol. The van der Waals surface area contributed by atoms with E-state index in [1.54, 1.807) is 0 Å². The second-order valence-corrected chi connectivity index (χ2v) is 7.74. The maximum absolute atomic E-state index is 14.5. The van der Waals surface area contributed by atoms with Crippen LogP contribution >= 0.6 is 0 Å². The zero-order chi connectivity index (χ0) is 14.2. The molecule has 0 radical (unpaired) electrons. The summed E-state index contributed by atoms with van der Waals surface area (Å²) in [5.41, 5.74) is 0. The first kappa shape index (κ1) is 15.3. The Labute approximate surface area is 119 Å². The highest BCUT2D eigenvalue weighted by molar-refractivity contribution is 4.96. The number of hydrogen-bond acceptors (Lipinski definition) is 0. The number of halogens is 1. The van der Waals surface area contributed by atoms with Crippen LogP contribution in [0.4, 0.5) is 4.39 Å². The molecule has 0 heterocycles. The molecule has 2 fully saturated rings. The van der Waals surface area contributed by atoms with Gasteiger partial charge in [-0.15, -0.1) is 0 Å². The van der Waals surface area contributed by atoms with Crippen LogP contribution in [0.3, 0.4) is 0 Å². The number of alkyl halides is 1. The van der Waals surface area contributed by atoms with E-state index in [4.69, 9.17) is 0 Å². The van der Waals surface area contributed by atoms with E-state index in [2.05, 4.69) is 34.6 Å². The van der Waals surface area contributed by atoms with Crippen molar-refractivity contribution in [2.45, 2.75) is 72.9 Å². The largest absolute Gasteiger partial charge is 0.247 e. The summed E-state index contributed by atoms with van der Waals surface area (Å²) in [4.78, 5) is 0. The Bertz CT molecular complexity index is 285. The fourth-order valence-corrected chi connectivity index (χ4v) is 5.06. The van der Waals surface area contributed by atoms with Gasteiger partial charge in [0.05, 0.1) is 0 Å². The summed E-state index contributed by atoms with van der Waals surface area (Å²) in [7, 11) is 0. The van der Waals surface area contributed by atoms with Crippen molar-refractivity contribution in [2.75, 3.05) is 0 Å². The Morgan fingerprint density at radius 1 is 1.00 bits per heavy atom. The second-order valence-electron chi connectivity index (χ2n) is 7.74. The highest BCUT2D eigenvalue weighted by atomic mass is 19.1. The van der Waals surface area contributed by atoms with Crippen LogP contribution in [0.5, 0.6) is 0 Å². The molecular formula is C18H33F. The fourth-order valence-electron chi connectivity index (χ4n) is 5.06. The van der Waals surface area contributed by atoms with Gasteiger partial charge in [0.25, 0.3) is 0 Å². The first-order chi connectivity index (χ1) is 8.97. The molecule has 2 aliphatic rings. The van der Waals surface area contributed by atoms with Gasteiger partial charge in [-0.3, -0.25) is 0 Å². The third-order valence-corrected chi connectivity index (χ3v) is 6.59. The molecule has 1 heteroatoms. The Morgan fingerprint density at radius 3 is 2.21 bits per heavy atom. The molecule has 0 aliphatic heterocycles. The van der Waals surface area contributed by atoms with E-state index in [9.17, 15) is 4.39 Å². The first-order valence-electron chi connectivity index (χ1n) is 8.61. The first-order valence-corrected chi connectivity index (χ1v) is 8.61. The van der Waals surface area contributed by atoms with Crippen LogP contribution in [0.2, 0.25) is 0 Å². The van der Waals surface area contributed by atoms with E-state index >= 15 is 0 Å². The topological polar surface area (TPSA) is 0 Å². The van der Waals surface area contributed by atoms with Crippen molar-refractivity contribution in [1.29, 1.82) is 0 Å². The Kier molecular flexibility index (Phi) is 4.95. The molecule has 0 amide bonds. The van der Waals surface area contributed by atoms with Gasteiger partial charge in [0.15, 0.2) is 0 Å². The van der Waals surface area contributed by atoms with E-state index in [0.717, 1.165) is 36.5 Å². The SMILES string of the molecule is CCC1C(C(C)C(C)C)CCC2C(F)C(C)CCC21. The lowest BCUT2D eigenvalue weighted by atomic mass is 9.56. The standard InChI is InChI=1S/C18H33F/c1-6-14-15(13(5)11(2)3)9-10-17-16(14)8-7-12(4)18(17)19/h11-18H,6-10H2,1-5H3. The summed E-state index contributed by atoms with van der Waals surface area (Å²) in [5.74, 6) is 4.54. The summed E-state index contributed by atoms with van der Waals surface area (Å²) in [5, 5.41) is 0. The van der Waals surface area contributed by atoms with Crippen LogP contribution in [0, 0.1) is 41.4 Å². The Balaban J connectivity index is 2.13. The van der Waals surface area contributed by atoms with Crippen molar-refractivity contribution in [3.63, 3.8) is 0 Å². The summed E-state index contributed by atoms with van der Waals surface area (Å²) >= 11 is 0. The zero-order valence-corrected chi connectivity index (χ0v) is 13.5. The lowest BCUT2D eigenvalue weighted by molar-refractivity contribution is -0.0420. The monoisotopic (exact) mass is 268 g/mol. The van der Waals surface area contributed by atoms with E-state index in [1.807, 2.05) is 0 Å². The minimum absolute atomic E-state index is 0.304. The van der Waals surface area contributed by atoms with Gasteiger partial charge in [0, 0.05) is 0 Å². The van der Waals surface area contributed by atoms with Crippen molar-refractivity contribution in [2.24, 2.45) is 41.4 Å². The molecule has 0 aromatic carbocycles. The smallest absolute Gasteiger partial charge is 0.106 e. The zero-order valence-electron chi connectivity index (χ0n) is 13.5. The van der Waals surface area contributed by atoms with E-state index in [-0.39, 0.29) is 0 Å². The number of rotatable bonds is 3. The van der Waals surface area contributed by atoms with Crippen LogP contribution < -0.4 is 0 Å². The second kappa shape index (κ2) is 6.14. The van der Waals surface area contributed by atoms with Gasteiger partial charge in [0.2, 0.25) is 0 Å². The third-order valence-electron chi connectivity index (χ3n) is 6.59. The highest BCUT2D eigenvalue weighted by Crippen LogP contribution is 2.52. The van der Waals surface area contributed by atoms with E-state index in [1.165, 1.54) is 19.3 Å². The Morgan fingerprint density at radius 2 is 1.63 bits per heavy atom. The molecular weight excluding hydrogens is 235 g/mol. The molecule has 19 heavy (non-hydrogen) atoms. The summed E-state index contributed by atoms with van der Waals surface area (Å²) in [6, 6.07) is 0. The van der Waals surface area contributed by atoms with Gasteiger partial charge >= 0.3 is 0 Å². The van der Waals surface area contributed by atoms with E-state index in [0.29, 0.717) is 17.8 Å². The lowest BCUT2D eigenvalue weighted by Gasteiger charge is -2.50. The molecule has 0 spiro atoms. The lowest BCUT2D eigenvalue weighted by Crippen LogP contribution is -2.46. The van der Waals surface area contributed by atoms with Gasteiger partial charge in [-0.05, 0) is 67.1 Å². The molecule has 0 nitrogen and oxygen atoms in total. The summed E-state index contributed by atoms with van der Waals surface area (Å²) in [6.07, 6.45) is 5.54. The van der Waals surface area contributed by atoms with Crippen molar-refractivity contribution in [1.82, 2.24) is 0 Å². The predicted octanol–water partition coefficient (Wildman–Crippen LogP) is 5.72. The van der Waals surface area contributed by atoms with Crippen LogP contribution in [-0.2, 0) is 0 Å². The Hall–Kier alpha value is -0.0700. The van der Waals surface area contributed by atoms with Gasteiger partial charge < -0.3 is 0 Å². The van der Waals surface area contributed by atoms with Crippen molar-refractivity contribution >= 4 is 0 Å². The molecule has 112 valence electrons. The molecule has 2 rings (SSSR count). The normalized spacial score (nSPS) is 45.0. The quantitative estimate of drug-likeness (QED) is 0.614. The minimum Gasteiger partial charge on any atom is -0.247 e. The molecule has 2 saturated carbocycles. The van der Waals surface area contributed by atoms with Crippen LogP contribution in [0.1, 0.15) is 66.7 Å². The molecule has 7 unspecified atom stereocenters. The molecule has 0 aromatic heterocycles. The maximum Gasteiger partial charge on any atom is 0.106 e.